The molecule has 3 N–H and O–H groups in total. The summed E-state index contributed by atoms with van der Waals surface area (Å²) in [5.74, 6) is 2.51. The third-order valence-electron chi connectivity index (χ3n) is 2.64. The van der Waals surface area contributed by atoms with E-state index in [1.54, 1.807) is 18.3 Å². The minimum absolute atomic E-state index is 0.411. The number of hydrogen-bond acceptors (Lipinski definition) is 4. The highest BCUT2D eigenvalue weighted by Gasteiger charge is 2.16. The van der Waals surface area contributed by atoms with Crippen molar-refractivity contribution in [1.82, 2.24) is 4.98 Å². The van der Waals surface area contributed by atoms with E-state index in [1.165, 1.54) is 0 Å². The second-order valence-corrected chi connectivity index (χ2v) is 5.02. The molecule has 0 atom stereocenters. The summed E-state index contributed by atoms with van der Waals surface area (Å²) in [4.78, 5) is 15.4. The molecule has 16 heavy (non-hydrogen) atoms. The Hall–Kier alpha value is -1.23. The predicted octanol–water partition coefficient (Wildman–Crippen LogP) is 1.49. The van der Waals surface area contributed by atoms with Crippen LogP contribution in [-0.4, -0.2) is 28.4 Å². The number of pyridine rings is 1. The van der Waals surface area contributed by atoms with Gasteiger partial charge in [0, 0.05) is 12.2 Å². The fourth-order valence-electron chi connectivity index (χ4n) is 1.75. The predicted molar refractivity (Wildman–Crippen MR) is 66.7 cm³/mol. The summed E-state index contributed by atoms with van der Waals surface area (Å²) in [6, 6.07) is 3.84. The van der Waals surface area contributed by atoms with E-state index in [9.17, 15) is 4.79 Å². The smallest absolute Gasteiger partial charge is 0.252 e. The monoisotopic (exact) mass is 237 g/mol. The van der Waals surface area contributed by atoms with Gasteiger partial charge in [-0.05, 0) is 36.5 Å². The third-order valence-corrected chi connectivity index (χ3v) is 3.68. The summed E-state index contributed by atoms with van der Waals surface area (Å²) in [5.41, 5.74) is 5.77. The highest BCUT2D eigenvalue weighted by Crippen LogP contribution is 2.21. The summed E-state index contributed by atoms with van der Waals surface area (Å²) >= 11 is 1.97. The van der Waals surface area contributed by atoms with Crippen molar-refractivity contribution >= 4 is 23.5 Å². The van der Waals surface area contributed by atoms with Gasteiger partial charge in [0.15, 0.2) is 0 Å². The lowest BCUT2D eigenvalue weighted by atomic mass is 10.1. The minimum Gasteiger partial charge on any atom is -0.367 e. The van der Waals surface area contributed by atoms with Crippen LogP contribution in [-0.2, 0) is 0 Å². The molecule has 0 saturated carbocycles. The van der Waals surface area contributed by atoms with Crippen molar-refractivity contribution in [1.29, 1.82) is 0 Å². The number of nitrogens with two attached hydrogens (primary N) is 1. The first kappa shape index (κ1) is 11.3. The van der Waals surface area contributed by atoms with Gasteiger partial charge in [-0.2, -0.15) is 11.8 Å². The molecular formula is C11H15N3OS. The van der Waals surface area contributed by atoms with Crippen LogP contribution in [0.15, 0.2) is 18.3 Å². The maximum absolute atomic E-state index is 11.2. The van der Waals surface area contributed by atoms with Crippen molar-refractivity contribution in [3.63, 3.8) is 0 Å². The quantitative estimate of drug-likeness (QED) is 0.835. The molecule has 1 aliphatic heterocycles. The lowest BCUT2D eigenvalue weighted by Crippen LogP contribution is -2.27. The molecule has 0 unspecified atom stereocenters. The number of carbonyl (C=O) groups is 1. The molecule has 0 bridgehead atoms. The van der Waals surface area contributed by atoms with E-state index < -0.39 is 5.91 Å². The number of amides is 1. The Morgan fingerprint density at radius 2 is 2.25 bits per heavy atom. The zero-order chi connectivity index (χ0) is 11.4. The van der Waals surface area contributed by atoms with E-state index in [0.29, 0.717) is 17.4 Å². The van der Waals surface area contributed by atoms with Crippen LogP contribution in [0.3, 0.4) is 0 Å². The highest BCUT2D eigenvalue weighted by molar-refractivity contribution is 7.99. The highest BCUT2D eigenvalue weighted by atomic mass is 32.2. The Labute approximate surface area is 99.0 Å². The number of aromatic nitrogens is 1. The molecule has 1 fully saturated rings. The SMILES string of the molecule is NC(=O)c1cccnc1NC1CCSCC1. The van der Waals surface area contributed by atoms with Gasteiger partial charge in [-0.15, -0.1) is 0 Å². The Morgan fingerprint density at radius 1 is 1.50 bits per heavy atom. The first-order valence-electron chi connectivity index (χ1n) is 5.36. The van der Waals surface area contributed by atoms with Crippen molar-refractivity contribution in [2.75, 3.05) is 16.8 Å². The van der Waals surface area contributed by atoms with Crippen LogP contribution in [0, 0.1) is 0 Å². The van der Waals surface area contributed by atoms with Crippen LogP contribution in [0.1, 0.15) is 23.2 Å². The summed E-state index contributed by atoms with van der Waals surface area (Å²) in [5, 5.41) is 3.31. The number of carbonyl (C=O) groups excluding carboxylic acids is 1. The van der Waals surface area contributed by atoms with Gasteiger partial charge in [0.25, 0.3) is 5.91 Å². The molecular weight excluding hydrogens is 222 g/mol. The summed E-state index contributed by atoms with van der Waals surface area (Å²) < 4.78 is 0. The van der Waals surface area contributed by atoms with E-state index >= 15 is 0 Å². The van der Waals surface area contributed by atoms with Crippen LogP contribution < -0.4 is 11.1 Å². The molecule has 0 radical (unpaired) electrons. The number of anilines is 1. The van der Waals surface area contributed by atoms with E-state index in [1.807, 2.05) is 11.8 Å². The van der Waals surface area contributed by atoms with Gasteiger partial charge in [0.1, 0.15) is 5.82 Å². The molecule has 86 valence electrons. The second-order valence-electron chi connectivity index (χ2n) is 3.79. The Bertz CT molecular complexity index is 377. The zero-order valence-corrected chi connectivity index (χ0v) is 9.80. The van der Waals surface area contributed by atoms with E-state index in [4.69, 9.17) is 5.73 Å². The lowest BCUT2D eigenvalue weighted by molar-refractivity contribution is 0.100. The lowest BCUT2D eigenvalue weighted by Gasteiger charge is -2.23. The van der Waals surface area contributed by atoms with Crippen LogP contribution in [0.2, 0.25) is 0 Å². The Kier molecular flexibility index (Phi) is 3.66. The van der Waals surface area contributed by atoms with E-state index in [0.717, 1.165) is 24.3 Å². The maximum Gasteiger partial charge on any atom is 0.252 e. The molecule has 1 aromatic heterocycles. The molecule has 0 aromatic carbocycles. The fraction of sp³-hybridized carbons (Fsp3) is 0.455. The average molecular weight is 237 g/mol. The van der Waals surface area contributed by atoms with Gasteiger partial charge in [0.2, 0.25) is 0 Å². The van der Waals surface area contributed by atoms with Gasteiger partial charge in [-0.1, -0.05) is 0 Å². The normalized spacial score (nSPS) is 17.0. The molecule has 2 heterocycles. The van der Waals surface area contributed by atoms with Crippen LogP contribution in [0.4, 0.5) is 5.82 Å². The maximum atomic E-state index is 11.2. The molecule has 0 spiro atoms. The van der Waals surface area contributed by atoms with Gasteiger partial charge in [0.05, 0.1) is 5.56 Å². The molecule has 1 aromatic rings. The van der Waals surface area contributed by atoms with Crippen LogP contribution >= 0.6 is 11.8 Å². The van der Waals surface area contributed by atoms with Crippen molar-refractivity contribution in [3.8, 4) is 0 Å². The van der Waals surface area contributed by atoms with Gasteiger partial charge >= 0.3 is 0 Å². The van der Waals surface area contributed by atoms with Crippen molar-refractivity contribution < 1.29 is 4.79 Å². The zero-order valence-electron chi connectivity index (χ0n) is 8.98. The van der Waals surface area contributed by atoms with Crippen molar-refractivity contribution in [2.24, 2.45) is 5.73 Å². The Balaban J connectivity index is 2.10. The van der Waals surface area contributed by atoms with Crippen LogP contribution in [0.25, 0.3) is 0 Å². The van der Waals surface area contributed by atoms with Crippen LogP contribution in [0.5, 0.6) is 0 Å². The molecule has 5 heteroatoms. The third kappa shape index (κ3) is 2.66. The standard InChI is InChI=1S/C11H15N3OS/c12-10(15)9-2-1-5-13-11(9)14-8-3-6-16-7-4-8/h1-2,5,8H,3-4,6-7H2,(H2,12,15)(H,13,14). The van der Waals surface area contributed by atoms with Gasteiger partial charge in [-0.25, -0.2) is 4.98 Å². The summed E-state index contributed by atoms with van der Waals surface area (Å²) in [6.07, 6.45) is 3.89. The summed E-state index contributed by atoms with van der Waals surface area (Å²) in [6.45, 7) is 0. The molecule has 1 amide bonds. The topological polar surface area (TPSA) is 68.0 Å². The average Bonchev–Trinajstić information content (AvgIpc) is 2.31. The largest absolute Gasteiger partial charge is 0.367 e. The number of thioether (sulfide) groups is 1. The van der Waals surface area contributed by atoms with Crippen molar-refractivity contribution in [2.45, 2.75) is 18.9 Å². The molecule has 1 aliphatic rings. The van der Waals surface area contributed by atoms with E-state index in [2.05, 4.69) is 10.3 Å². The van der Waals surface area contributed by atoms with Gasteiger partial charge < -0.3 is 11.1 Å². The minimum atomic E-state index is -0.430. The first-order valence-corrected chi connectivity index (χ1v) is 6.52. The number of hydrogen-bond donors (Lipinski definition) is 2. The number of nitrogens with one attached hydrogen (secondary N) is 1. The Morgan fingerprint density at radius 3 is 2.94 bits per heavy atom. The summed E-state index contributed by atoms with van der Waals surface area (Å²) in [7, 11) is 0. The van der Waals surface area contributed by atoms with E-state index in [-0.39, 0.29) is 0 Å². The molecule has 0 aliphatic carbocycles. The number of nitrogens with zero attached hydrogens (tertiary/aromatic N) is 1. The van der Waals surface area contributed by atoms with Crippen molar-refractivity contribution in [3.05, 3.63) is 23.9 Å². The second kappa shape index (κ2) is 5.21. The van der Waals surface area contributed by atoms with Gasteiger partial charge in [-0.3, -0.25) is 4.79 Å². The number of rotatable bonds is 3. The molecule has 1 saturated heterocycles. The number of primary amides is 1. The first-order chi connectivity index (χ1) is 7.77. The fourth-order valence-corrected chi connectivity index (χ4v) is 2.86. The molecule has 4 nitrogen and oxygen atoms in total. The molecule has 2 rings (SSSR count).